The van der Waals surface area contributed by atoms with E-state index in [9.17, 15) is 13.6 Å². The van der Waals surface area contributed by atoms with Crippen LogP contribution in [0, 0.1) is 18.6 Å². The monoisotopic (exact) mass is 354 g/mol. The third-order valence-electron chi connectivity index (χ3n) is 5.28. The molecule has 1 unspecified atom stereocenters. The first-order chi connectivity index (χ1) is 12.4. The fraction of sp³-hybridized carbons (Fsp3) is 0.286. The number of rotatable bonds is 2. The van der Waals surface area contributed by atoms with Gasteiger partial charge in [0.15, 0.2) is 0 Å². The van der Waals surface area contributed by atoms with E-state index >= 15 is 0 Å². The van der Waals surface area contributed by atoms with Gasteiger partial charge in [0, 0.05) is 43.2 Å². The average Bonchev–Trinajstić information content (AvgIpc) is 3.25. The Bertz CT molecular complexity index is 1010. The molecular formula is C21H20F2N2O. The van der Waals surface area contributed by atoms with E-state index in [1.807, 2.05) is 17.6 Å². The van der Waals surface area contributed by atoms with E-state index in [0.717, 1.165) is 23.1 Å². The molecule has 0 saturated carbocycles. The van der Waals surface area contributed by atoms with Crippen molar-refractivity contribution >= 4 is 16.8 Å². The number of benzene rings is 2. The van der Waals surface area contributed by atoms with Gasteiger partial charge >= 0.3 is 0 Å². The molecule has 1 atom stereocenters. The number of likely N-dealkylation sites (tertiary alicyclic amines) is 1. The molecule has 4 rings (SSSR count). The summed E-state index contributed by atoms with van der Waals surface area (Å²) in [6.45, 7) is 4.78. The van der Waals surface area contributed by atoms with E-state index < -0.39 is 0 Å². The minimum absolute atomic E-state index is 0.0478. The van der Waals surface area contributed by atoms with Crippen molar-refractivity contribution in [2.45, 2.75) is 26.2 Å². The highest BCUT2D eigenvalue weighted by Gasteiger charge is 2.26. The Kier molecular flexibility index (Phi) is 4.02. The predicted molar refractivity (Wildman–Crippen MR) is 97.5 cm³/mol. The van der Waals surface area contributed by atoms with Gasteiger partial charge in [0.2, 0.25) is 5.91 Å². The van der Waals surface area contributed by atoms with Crippen LogP contribution in [0.1, 0.15) is 30.4 Å². The van der Waals surface area contributed by atoms with Crippen LogP contribution in [0.3, 0.4) is 0 Å². The van der Waals surface area contributed by atoms with Crippen LogP contribution in [0.4, 0.5) is 8.78 Å². The summed E-state index contributed by atoms with van der Waals surface area (Å²) in [7, 11) is 0. The first-order valence-electron chi connectivity index (χ1n) is 8.76. The van der Waals surface area contributed by atoms with Gasteiger partial charge in [-0.3, -0.25) is 4.79 Å². The molecule has 0 aliphatic carbocycles. The van der Waals surface area contributed by atoms with E-state index in [1.54, 1.807) is 30.2 Å². The number of hydrogen-bond donors (Lipinski definition) is 0. The Labute approximate surface area is 150 Å². The van der Waals surface area contributed by atoms with Gasteiger partial charge in [-0.05, 0) is 54.8 Å². The topological polar surface area (TPSA) is 25.2 Å². The molecule has 1 saturated heterocycles. The SMILES string of the molecule is CC(=O)N1CCC(c2cc(F)cc(-n3ccc4c(F)ccc(C)c43)c2)C1. The first kappa shape index (κ1) is 16.8. The van der Waals surface area contributed by atoms with Gasteiger partial charge in [-0.1, -0.05) is 6.07 Å². The van der Waals surface area contributed by atoms with Crippen molar-refractivity contribution in [3.8, 4) is 5.69 Å². The molecule has 1 fully saturated rings. The molecule has 0 spiro atoms. The van der Waals surface area contributed by atoms with Crippen LogP contribution in [0.15, 0.2) is 42.6 Å². The third kappa shape index (κ3) is 2.77. The highest BCUT2D eigenvalue weighted by Crippen LogP contribution is 2.31. The molecule has 1 aromatic heterocycles. The fourth-order valence-corrected chi connectivity index (χ4v) is 3.90. The second kappa shape index (κ2) is 6.24. The summed E-state index contributed by atoms with van der Waals surface area (Å²) in [4.78, 5) is 13.4. The number of hydrogen-bond acceptors (Lipinski definition) is 1. The maximum atomic E-state index is 14.3. The summed E-state index contributed by atoms with van der Waals surface area (Å²) in [6.07, 6.45) is 2.60. The van der Waals surface area contributed by atoms with Crippen molar-refractivity contribution in [2.75, 3.05) is 13.1 Å². The lowest BCUT2D eigenvalue weighted by molar-refractivity contribution is -0.127. The van der Waals surface area contributed by atoms with E-state index in [-0.39, 0.29) is 23.5 Å². The largest absolute Gasteiger partial charge is 0.342 e. The Balaban J connectivity index is 1.79. The molecule has 3 nitrogen and oxygen atoms in total. The van der Waals surface area contributed by atoms with Crippen molar-refractivity contribution in [1.29, 1.82) is 0 Å². The Hall–Kier alpha value is -2.69. The van der Waals surface area contributed by atoms with Crippen molar-refractivity contribution < 1.29 is 13.6 Å². The highest BCUT2D eigenvalue weighted by molar-refractivity contribution is 5.85. The lowest BCUT2D eigenvalue weighted by Crippen LogP contribution is -2.25. The molecule has 2 aromatic carbocycles. The molecule has 1 aliphatic rings. The van der Waals surface area contributed by atoms with Gasteiger partial charge < -0.3 is 9.47 Å². The lowest BCUT2D eigenvalue weighted by atomic mass is 9.97. The second-order valence-corrected chi connectivity index (χ2v) is 7.01. The van der Waals surface area contributed by atoms with Crippen LogP contribution < -0.4 is 0 Å². The van der Waals surface area contributed by atoms with Crippen LogP contribution in [0.25, 0.3) is 16.6 Å². The molecule has 1 aliphatic heterocycles. The van der Waals surface area contributed by atoms with Crippen LogP contribution in [0.2, 0.25) is 0 Å². The predicted octanol–water partition coefficient (Wildman–Crippen LogP) is 4.55. The molecule has 5 heteroatoms. The third-order valence-corrected chi connectivity index (χ3v) is 5.28. The van der Waals surface area contributed by atoms with Gasteiger partial charge in [-0.25, -0.2) is 8.78 Å². The summed E-state index contributed by atoms with van der Waals surface area (Å²) in [6, 6.07) is 9.85. The fourth-order valence-electron chi connectivity index (χ4n) is 3.90. The molecule has 26 heavy (non-hydrogen) atoms. The normalized spacial score (nSPS) is 17.2. The zero-order valence-electron chi connectivity index (χ0n) is 14.8. The van der Waals surface area contributed by atoms with Crippen LogP contribution in [-0.4, -0.2) is 28.5 Å². The summed E-state index contributed by atoms with van der Waals surface area (Å²) in [5.41, 5.74) is 3.23. The molecule has 2 heterocycles. The van der Waals surface area contributed by atoms with E-state index in [1.165, 1.54) is 18.2 Å². The number of aryl methyl sites for hydroxylation is 1. The minimum Gasteiger partial charge on any atom is -0.342 e. The molecule has 0 radical (unpaired) electrons. The Morgan fingerprint density at radius 1 is 1.15 bits per heavy atom. The molecule has 3 aromatic rings. The van der Waals surface area contributed by atoms with Crippen molar-refractivity contribution in [3.05, 3.63) is 65.4 Å². The summed E-state index contributed by atoms with van der Waals surface area (Å²) in [5.74, 6) is -0.441. The minimum atomic E-state index is -0.324. The van der Waals surface area contributed by atoms with E-state index in [4.69, 9.17) is 0 Å². The second-order valence-electron chi connectivity index (χ2n) is 7.01. The Morgan fingerprint density at radius 3 is 2.69 bits per heavy atom. The van der Waals surface area contributed by atoms with Gasteiger partial charge in [-0.2, -0.15) is 0 Å². The smallest absolute Gasteiger partial charge is 0.219 e. The summed E-state index contributed by atoms with van der Waals surface area (Å²) < 4.78 is 30.3. The van der Waals surface area contributed by atoms with Crippen LogP contribution in [0.5, 0.6) is 0 Å². The van der Waals surface area contributed by atoms with Gasteiger partial charge in [-0.15, -0.1) is 0 Å². The first-order valence-corrected chi connectivity index (χ1v) is 8.76. The van der Waals surface area contributed by atoms with Crippen molar-refractivity contribution in [1.82, 2.24) is 9.47 Å². The standard InChI is InChI=1S/C21H20F2N2O/c1-13-3-4-20(23)19-6-8-25(21(13)19)18-10-16(9-17(22)11-18)15-5-7-24(12-15)14(2)26/h3-4,6,8-11,15H,5,7,12H2,1-2H3. The average molecular weight is 354 g/mol. The highest BCUT2D eigenvalue weighted by atomic mass is 19.1. The number of carbonyl (C=O) groups excluding carboxylic acids is 1. The van der Waals surface area contributed by atoms with Gasteiger partial charge in [0.1, 0.15) is 11.6 Å². The maximum Gasteiger partial charge on any atom is 0.219 e. The number of carbonyl (C=O) groups is 1. The quantitative estimate of drug-likeness (QED) is 0.663. The summed E-state index contributed by atoms with van der Waals surface area (Å²) in [5, 5.41) is 0.527. The molecule has 1 amide bonds. The Morgan fingerprint density at radius 2 is 1.96 bits per heavy atom. The number of halogens is 2. The number of amides is 1. The van der Waals surface area contributed by atoms with E-state index in [0.29, 0.717) is 24.2 Å². The molecule has 0 N–H and O–H groups in total. The molecule has 0 bridgehead atoms. The zero-order chi connectivity index (χ0) is 18.4. The maximum absolute atomic E-state index is 14.3. The summed E-state index contributed by atoms with van der Waals surface area (Å²) >= 11 is 0. The van der Waals surface area contributed by atoms with Gasteiger partial charge in [0.05, 0.1) is 5.52 Å². The molecule has 134 valence electrons. The van der Waals surface area contributed by atoms with Crippen molar-refractivity contribution in [2.24, 2.45) is 0 Å². The van der Waals surface area contributed by atoms with Crippen LogP contribution >= 0.6 is 0 Å². The van der Waals surface area contributed by atoms with E-state index in [2.05, 4.69) is 0 Å². The number of fused-ring (bicyclic) bond motifs is 1. The van der Waals surface area contributed by atoms with Gasteiger partial charge in [0.25, 0.3) is 0 Å². The lowest BCUT2D eigenvalue weighted by Gasteiger charge is -2.16. The number of aromatic nitrogens is 1. The van der Waals surface area contributed by atoms with Crippen LogP contribution in [-0.2, 0) is 4.79 Å². The number of nitrogens with zero attached hydrogens (tertiary/aromatic N) is 2. The van der Waals surface area contributed by atoms with Crippen molar-refractivity contribution in [3.63, 3.8) is 0 Å². The molecular weight excluding hydrogens is 334 g/mol. The zero-order valence-corrected chi connectivity index (χ0v) is 14.8.